The van der Waals surface area contributed by atoms with E-state index in [1.165, 1.54) is 26.0 Å². The first-order valence-electron chi connectivity index (χ1n) is 5.23. The number of rotatable bonds is 1. The predicted octanol–water partition coefficient (Wildman–Crippen LogP) is 3.71. The quantitative estimate of drug-likeness (QED) is 0.622. The summed E-state index contributed by atoms with van der Waals surface area (Å²) in [5.74, 6) is 0.920. The largest absolute Gasteiger partial charge is 0.497 e. The molecule has 3 heteroatoms. The van der Waals surface area contributed by atoms with Crippen molar-refractivity contribution >= 4 is 32.5 Å². The molecule has 3 rings (SSSR count). The number of methoxy groups -OCH3 is 1. The molecule has 0 atom stereocenters. The molecule has 1 aromatic carbocycles. The molecule has 0 aliphatic heterocycles. The summed E-state index contributed by atoms with van der Waals surface area (Å²) < 4.78 is 7.53. The summed E-state index contributed by atoms with van der Waals surface area (Å²) in [6.07, 6.45) is 0. The average molecular weight is 231 g/mol. The molecular weight excluding hydrogens is 218 g/mol. The minimum Gasteiger partial charge on any atom is -0.497 e. The fraction of sp³-hybridized carbons (Fsp3) is 0.231. The zero-order valence-corrected chi connectivity index (χ0v) is 10.4. The van der Waals surface area contributed by atoms with Crippen molar-refractivity contribution in [2.45, 2.75) is 6.92 Å². The molecule has 16 heavy (non-hydrogen) atoms. The number of fused-ring (bicyclic) bond motifs is 3. The van der Waals surface area contributed by atoms with Crippen LogP contribution in [0.1, 0.15) is 4.88 Å². The molecule has 2 nitrogen and oxygen atoms in total. The van der Waals surface area contributed by atoms with Crippen molar-refractivity contribution in [3.8, 4) is 5.75 Å². The van der Waals surface area contributed by atoms with E-state index in [0.717, 1.165) is 5.75 Å². The Hall–Kier alpha value is -1.48. The van der Waals surface area contributed by atoms with Gasteiger partial charge < -0.3 is 9.30 Å². The standard InChI is InChI=1S/C13H13NOS/c1-8-6-11-10-7-9(15-3)4-5-12(10)14(2)13(11)16-8/h4-7H,1-3H3. The number of aromatic nitrogens is 1. The highest BCUT2D eigenvalue weighted by Crippen LogP contribution is 2.35. The molecule has 82 valence electrons. The van der Waals surface area contributed by atoms with Crippen LogP contribution in [0.25, 0.3) is 21.1 Å². The minimum absolute atomic E-state index is 0.920. The second kappa shape index (κ2) is 3.25. The second-order valence-electron chi connectivity index (χ2n) is 4.02. The molecule has 0 saturated heterocycles. The van der Waals surface area contributed by atoms with E-state index < -0.39 is 0 Å². The molecule has 0 N–H and O–H groups in total. The monoisotopic (exact) mass is 231 g/mol. The molecule has 0 aliphatic carbocycles. The van der Waals surface area contributed by atoms with Crippen LogP contribution in [0.15, 0.2) is 24.3 Å². The Labute approximate surface area is 98.1 Å². The number of hydrogen-bond donors (Lipinski definition) is 0. The molecule has 0 aliphatic rings. The number of thiophene rings is 1. The molecular formula is C13H13NOS. The Morgan fingerprint density at radius 2 is 2.00 bits per heavy atom. The summed E-state index contributed by atoms with van der Waals surface area (Å²) in [5, 5.41) is 2.61. The summed E-state index contributed by atoms with van der Waals surface area (Å²) in [4.78, 5) is 2.69. The number of ether oxygens (including phenoxy) is 1. The lowest BCUT2D eigenvalue weighted by Gasteiger charge is -2.00. The van der Waals surface area contributed by atoms with Crippen LogP contribution >= 0.6 is 11.3 Å². The normalized spacial score (nSPS) is 11.4. The van der Waals surface area contributed by atoms with Crippen molar-refractivity contribution in [1.29, 1.82) is 0 Å². The molecule has 0 fully saturated rings. The van der Waals surface area contributed by atoms with Crippen LogP contribution in [0, 0.1) is 6.92 Å². The Kier molecular flexibility index (Phi) is 1.98. The van der Waals surface area contributed by atoms with Crippen molar-refractivity contribution < 1.29 is 4.74 Å². The van der Waals surface area contributed by atoms with Crippen molar-refractivity contribution in [2.24, 2.45) is 7.05 Å². The van der Waals surface area contributed by atoms with Gasteiger partial charge in [-0.05, 0) is 31.2 Å². The molecule has 2 aromatic heterocycles. The van der Waals surface area contributed by atoms with Gasteiger partial charge in [0.05, 0.1) is 7.11 Å². The Bertz CT molecular complexity index is 678. The van der Waals surface area contributed by atoms with Crippen LogP contribution in [-0.4, -0.2) is 11.7 Å². The van der Waals surface area contributed by atoms with Gasteiger partial charge in [-0.25, -0.2) is 0 Å². The molecule has 0 spiro atoms. The molecule has 3 aromatic rings. The number of aryl methyl sites for hydroxylation is 2. The van der Waals surface area contributed by atoms with E-state index >= 15 is 0 Å². The van der Waals surface area contributed by atoms with Crippen LogP contribution in [0.4, 0.5) is 0 Å². The first-order chi connectivity index (χ1) is 7.70. The van der Waals surface area contributed by atoms with Crippen LogP contribution in [0.3, 0.4) is 0 Å². The van der Waals surface area contributed by atoms with Gasteiger partial charge >= 0.3 is 0 Å². The first kappa shape index (κ1) is 9.73. The smallest absolute Gasteiger partial charge is 0.119 e. The lowest BCUT2D eigenvalue weighted by atomic mass is 10.2. The van der Waals surface area contributed by atoms with Gasteiger partial charge in [0, 0.05) is 28.2 Å². The van der Waals surface area contributed by atoms with Gasteiger partial charge in [-0.1, -0.05) is 0 Å². The Morgan fingerprint density at radius 3 is 2.75 bits per heavy atom. The Balaban J connectivity index is 2.49. The molecule has 0 unspecified atom stereocenters. The third-order valence-electron chi connectivity index (χ3n) is 3.00. The lowest BCUT2D eigenvalue weighted by Crippen LogP contribution is -1.85. The maximum atomic E-state index is 5.28. The predicted molar refractivity (Wildman–Crippen MR) is 69.6 cm³/mol. The van der Waals surface area contributed by atoms with Crippen molar-refractivity contribution in [2.75, 3.05) is 7.11 Å². The maximum absolute atomic E-state index is 5.28. The van der Waals surface area contributed by atoms with E-state index in [-0.39, 0.29) is 0 Å². The second-order valence-corrected chi connectivity index (χ2v) is 5.25. The van der Waals surface area contributed by atoms with E-state index in [9.17, 15) is 0 Å². The fourth-order valence-corrected chi connectivity index (χ4v) is 3.20. The topological polar surface area (TPSA) is 14.2 Å². The molecule has 0 bridgehead atoms. The molecule has 2 heterocycles. The number of nitrogens with zero attached hydrogens (tertiary/aromatic N) is 1. The van der Waals surface area contributed by atoms with Gasteiger partial charge in [0.1, 0.15) is 10.6 Å². The van der Waals surface area contributed by atoms with Gasteiger partial charge in [0.15, 0.2) is 0 Å². The molecule has 0 radical (unpaired) electrons. The van der Waals surface area contributed by atoms with Crippen LogP contribution in [-0.2, 0) is 7.05 Å². The molecule has 0 saturated carbocycles. The third kappa shape index (κ3) is 1.18. The number of hydrogen-bond acceptors (Lipinski definition) is 2. The van der Waals surface area contributed by atoms with E-state index in [0.29, 0.717) is 0 Å². The van der Waals surface area contributed by atoms with Gasteiger partial charge in [-0.3, -0.25) is 0 Å². The first-order valence-corrected chi connectivity index (χ1v) is 6.05. The zero-order chi connectivity index (χ0) is 11.3. The summed E-state index contributed by atoms with van der Waals surface area (Å²) in [5.41, 5.74) is 1.27. The van der Waals surface area contributed by atoms with Gasteiger partial charge in [0.2, 0.25) is 0 Å². The van der Waals surface area contributed by atoms with Crippen molar-refractivity contribution in [3.05, 3.63) is 29.1 Å². The fourth-order valence-electron chi connectivity index (χ4n) is 2.20. The van der Waals surface area contributed by atoms with E-state index in [1.807, 2.05) is 17.4 Å². The van der Waals surface area contributed by atoms with E-state index in [1.54, 1.807) is 7.11 Å². The third-order valence-corrected chi connectivity index (χ3v) is 4.12. The summed E-state index contributed by atoms with van der Waals surface area (Å²) >= 11 is 1.84. The van der Waals surface area contributed by atoms with Gasteiger partial charge in [-0.15, -0.1) is 11.3 Å². The zero-order valence-electron chi connectivity index (χ0n) is 9.57. The average Bonchev–Trinajstić information content (AvgIpc) is 2.78. The summed E-state index contributed by atoms with van der Waals surface area (Å²) in [6.45, 7) is 2.15. The highest BCUT2D eigenvalue weighted by atomic mass is 32.1. The molecule has 0 amide bonds. The van der Waals surface area contributed by atoms with Crippen LogP contribution < -0.4 is 4.74 Å². The van der Waals surface area contributed by atoms with Crippen LogP contribution in [0.5, 0.6) is 5.75 Å². The summed E-state index contributed by atoms with van der Waals surface area (Å²) in [7, 11) is 3.83. The SMILES string of the molecule is COc1ccc2c(c1)c1cc(C)sc1n2C. The minimum atomic E-state index is 0.920. The van der Waals surface area contributed by atoms with Crippen molar-refractivity contribution in [3.63, 3.8) is 0 Å². The van der Waals surface area contributed by atoms with E-state index in [2.05, 4.69) is 36.7 Å². The maximum Gasteiger partial charge on any atom is 0.119 e. The highest BCUT2D eigenvalue weighted by molar-refractivity contribution is 7.18. The Morgan fingerprint density at radius 1 is 1.19 bits per heavy atom. The van der Waals surface area contributed by atoms with E-state index in [4.69, 9.17) is 4.74 Å². The van der Waals surface area contributed by atoms with Gasteiger partial charge in [0.25, 0.3) is 0 Å². The van der Waals surface area contributed by atoms with Crippen molar-refractivity contribution in [1.82, 2.24) is 4.57 Å². The summed E-state index contributed by atoms with van der Waals surface area (Å²) in [6, 6.07) is 8.50. The lowest BCUT2D eigenvalue weighted by molar-refractivity contribution is 0.415. The highest BCUT2D eigenvalue weighted by Gasteiger charge is 2.11. The van der Waals surface area contributed by atoms with Gasteiger partial charge in [-0.2, -0.15) is 0 Å². The number of benzene rings is 1. The van der Waals surface area contributed by atoms with Crippen LogP contribution in [0.2, 0.25) is 0 Å².